The van der Waals surface area contributed by atoms with Crippen LogP contribution in [0.25, 0.3) is 0 Å². The first-order valence-corrected chi connectivity index (χ1v) is 25.8. The first kappa shape index (κ1) is 64.2. The smallest absolute Gasteiger partial charge is 0.312 e. The second-order valence-corrected chi connectivity index (χ2v) is 19.2. The number of carboxylic acid groups (broad SMARTS) is 1. The second-order valence-electron chi connectivity index (χ2n) is 19.2. The highest BCUT2D eigenvalue weighted by Gasteiger charge is 2.42. The van der Waals surface area contributed by atoms with Gasteiger partial charge in [-0.3, -0.25) is 57.7 Å². The quantitative estimate of drug-likeness (QED) is 0.0329. The van der Waals surface area contributed by atoms with Crippen molar-refractivity contribution in [2.45, 2.75) is 159 Å². The maximum atomic E-state index is 14.6. The third-order valence-electron chi connectivity index (χ3n) is 13.3. The van der Waals surface area contributed by atoms with Gasteiger partial charge in [0, 0.05) is 44.4 Å². The van der Waals surface area contributed by atoms with Gasteiger partial charge in [0.05, 0.1) is 19.4 Å². The van der Waals surface area contributed by atoms with Gasteiger partial charge in [0.2, 0.25) is 59.1 Å². The zero-order valence-corrected chi connectivity index (χ0v) is 44.3. The Kier molecular flexibility index (Phi) is 26.2. The summed E-state index contributed by atoms with van der Waals surface area (Å²) in [5.74, 6) is -12.9. The largest absolute Gasteiger partial charge is 0.481 e. The number of hydrogen-bond donors (Lipinski definition) is 16. The maximum Gasteiger partial charge on any atom is 0.312 e. The lowest BCUT2D eigenvalue weighted by atomic mass is 9.94. The number of carboxylic acids is 1. The lowest BCUT2D eigenvalue weighted by molar-refractivity contribution is -0.144. The summed E-state index contributed by atoms with van der Waals surface area (Å²) < 4.78 is 0. The topological polar surface area (TPSA) is 502 Å². The van der Waals surface area contributed by atoms with Gasteiger partial charge < -0.3 is 90.9 Å². The predicted molar refractivity (Wildman–Crippen MR) is 276 cm³/mol. The van der Waals surface area contributed by atoms with Crippen LogP contribution in [-0.4, -0.2) is 183 Å². The van der Waals surface area contributed by atoms with E-state index in [1.165, 1.54) is 17.4 Å². The fourth-order valence-corrected chi connectivity index (χ4v) is 8.51. The van der Waals surface area contributed by atoms with E-state index in [1.54, 1.807) is 27.7 Å². The molecule has 1 aromatic heterocycles. The average Bonchev–Trinajstić information content (AvgIpc) is 4.11. The first-order valence-electron chi connectivity index (χ1n) is 25.8. The number of urea groups is 1. The number of carbonyl (C=O) groups is 12. The fourth-order valence-electron chi connectivity index (χ4n) is 8.51. The Morgan fingerprint density at radius 1 is 0.692 bits per heavy atom. The number of hydrogen-bond acceptors (Lipinski definition) is 15. The molecule has 434 valence electrons. The van der Waals surface area contributed by atoms with E-state index in [2.05, 4.69) is 62.8 Å². The number of imidazole rings is 1. The second kappa shape index (κ2) is 31.8. The maximum absolute atomic E-state index is 14.6. The molecule has 2 saturated heterocycles. The zero-order valence-electron chi connectivity index (χ0n) is 44.3. The number of aromatic amines is 1. The van der Waals surface area contributed by atoms with Crippen LogP contribution < -0.4 is 70.8 Å². The molecular formula is C47H77N17O14. The molecule has 11 atom stereocenters. The number of nitrogens with one attached hydrogen (secondary N) is 10. The lowest BCUT2D eigenvalue weighted by Crippen LogP contribution is -2.62. The van der Waals surface area contributed by atoms with Crippen LogP contribution in [0.5, 0.6) is 0 Å². The SMILES string of the molecule is CC[C@H](C)[C@@H]1NC(=O)[C@H](Cc2cnc[nH]2)NC(=O)[C@H](CCC(N)=O)NC(=O)[C@H](CCCN=C(N)N)NC(=O)[C@H](CC(=O)O)NC(=O)[C@H](CCCNC(N)=O)NC(=O)[C@H](CO)NC(=O)[C@@H]2CCCN2C(=O)[C@H]([C@@H](C)CC)NC1=O. The normalized spacial score (nSPS) is 25.4. The molecule has 20 N–H and O–H groups in total. The monoisotopic (exact) mass is 1100 g/mol. The summed E-state index contributed by atoms with van der Waals surface area (Å²) in [6.45, 7) is 5.67. The van der Waals surface area contributed by atoms with Gasteiger partial charge in [0.25, 0.3) is 0 Å². The van der Waals surface area contributed by atoms with Crippen molar-refractivity contribution in [3.8, 4) is 0 Å². The Morgan fingerprint density at radius 2 is 1.21 bits per heavy atom. The van der Waals surface area contributed by atoms with Crippen LogP contribution in [0, 0.1) is 11.8 Å². The molecule has 31 nitrogen and oxygen atoms in total. The predicted octanol–water partition coefficient (Wildman–Crippen LogP) is -5.84. The van der Waals surface area contributed by atoms with E-state index in [4.69, 9.17) is 22.9 Å². The number of primary amides is 2. The number of rotatable bonds is 20. The number of aliphatic carboxylic acids is 1. The van der Waals surface area contributed by atoms with Crippen LogP contribution in [-0.2, 0) is 59.2 Å². The summed E-state index contributed by atoms with van der Waals surface area (Å²) >= 11 is 0. The summed E-state index contributed by atoms with van der Waals surface area (Å²) in [6, 6.07) is -15.0. The van der Waals surface area contributed by atoms with Gasteiger partial charge in [-0.1, -0.05) is 40.5 Å². The lowest BCUT2D eigenvalue weighted by Gasteiger charge is -2.34. The number of nitrogens with zero attached hydrogens (tertiary/aromatic N) is 3. The average molecular weight is 1100 g/mol. The molecule has 3 heterocycles. The summed E-state index contributed by atoms with van der Waals surface area (Å²) in [4.78, 5) is 176. The highest BCUT2D eigenvalue weighted by molar-refractivity contribution is 6.00. The van der Waals surface area contributed by atoms with Crippen molar-refractivity contribution in [3.63, 3.8) is 0 Å². The minimum atomic E-state index is -1.98. The van der Waals surface area contributed by atoms with E-state index in [9.17, 15) is 67.7 Å². The summed E-state index contributed by atoms with van der Waals surface area (Å²) in [6.07, 6.45) is 0.761. The number of aliphatic imine (C=N–C) groups is 1. The summed E-state index contributed by atoms with van der Waals surface area (Å²) in [7, 11) is 0. The van der Waals surface area contributed by atoms with Crippen LogP contribution in [0.4, 0.5) is 4.79 Å². The molecule has 31 heteroatoms. The van der Waals surface area contributed by atoms with Crippen molar-refractivity contribution < 1.29 is 67.7 Å². The Hall–Kier alpha value is -8.12. The molecule has 0 bridgehead atoms. The van der Waals surface area contributed by atoms with Gasteiger partial charge in [-0.15, -0.1) is 0 Å². The Morgan fingerprint density at radius 3 is 1.74 bits per heavy atom. The van der Waals surface area contributed by atoms with Crippen molar-refractivity contribution in [3.05, 3.63) is 18.2 Å². The molecule has 0 radical (unpaired) electrons. The number of H-pyrrole nitrogens is 1. The Balaban J connectivity index is 2.25. The number of amides is 12. The van der Waals surface area contributed by atoms with Crippen LogP contribution >= 0.6 is 0 Å². The fraction of sp³-hybridized carbons (Fsp3) is 0.660. The number of aliphatic hydroxyl groups excluding tert-OH is 1. The molecule has 2 fully saturated rings. The highest BCUT2D eigenvalue weighted by Crippen LogP contribution is 2.23. The molecule has 2 aliphatic heterocycles. The van der Waals surface area contributed by atoms with Crippen molar-refractivity contribution in [1.29, 1.82) is 0 Å². The van der Waals surface area contributed by atoms with E-state index >= 15 is 0 Å². The Labute approximate surface area is 449 Å². The standard InChI is InChI=1S/C47H77N17O14/c1-5-23(3)35-44(76)63-36(24(4)6-2)45(77)64-17-9-12-32(64)43(75)61-31(21-65)42(74)57-27(11-8-16-54-47(51)78)38(70)60-30(19-34(67)68)40(72)56-26(10-7-15-53-46(49)50)37(69)58-28(13-14-33(48)66)39(71)59-29(41(73)62-35)18-25-20-52-22-55-25/h20,22-24,26-32,35-36,65H,5-19,21H2,1-4H3,(H2,48,66)(H,52,55)(H,56,72)(H,57,74)(H,58,69)(H,59,71)(H,60,70)(H,61,75)(H,62,73)(H,63,76)(H,67,68)(H4,49,50,53)(H3,51,54,78)/t23-,24-,26-,27-,28-,29-,30-,31-,32-,35-,36-/m0/s1. The highest BCUT2D eigenvalue weighted by atomic mass is 16.4. The van der Waals surface area contributed by atoms with E-state index in [-0.39, 0.29) is 64.1 Å². The number of nitrogens with two attached hydrogens (primary N) is 4. The molecular weight excluding hydrogens is 1030 g/mol. The molecule has 2 aliphatic rings. The molecule has 1 aromatic rings. The van der Waals surface area contributed by atoms with Crippen LogP contribution in [0.3, 0.4) is 0 Å². The van der Waals surface area contributed by atoms with Crippen LogP contribution in [0.15, 0.2) is 17.5 Å². The van der Waals surface area contributed by atoms with Gasteiger partial charge in [-0.2, -0.15) is 0 Å². The third kappa shape index (κ3) is 20.4. The van der Waals surface area contributed by atoms with E-state index < -0.39 is 163 Å². The third-order valence-corrected chi connectivity index (χ3v) is 13.3. The van der Waals surface area contributed by atoms with E-state index in [0.29, 0.717) is 25.0 Å². The molecule has 3 rings (SSSR count). The molecule has 0 unspecified atom stereocenters. The number of guanidine groups is 1. The summed E-state index contributed by atoms with van der Waals surface area (Å²) in [5, 5.41) is 42.6. The minimum Gasteiger partial charge on any atom is -0.481 e. The van der Waals surface area contributed by atoms with Gasteiger partial charge >= 0.3 is 12.0 Å². The van der Waals surface area contributed by atoms with Gasteiger partial charge in [0.15, 0.2) is 5.96 Å². The minimum absolute atomic E-state index is 0.0250. The van der Waals surface area contributed by atoms with Crippen LogP contribution in [0.2, 0.25) is 0 Å². The van der Waals surface area contributed by atoms with Crippen LogP contribution in [0.1, 0.15) is 104 Å². The first-order chi connectivity index (χ1) is 36.9. The van der Waals surface area contributed by atoms with Crippen molar-refractivity contribution in [2.75, 3.05) is 26.2 Å². The number of fused-ring (bicyclic) bond motifs is 1. The number of carbonyl (C=O) groups excluding carboxylic acids is 11. The molecule has 78 heavy (non-hydrogen) atoms. The summed E-state index contributed by atoms with van der Waals surface area (Å²) in [5.41, 5.74) is 21.9. The number of aliphatic hydroxyl groups is 1. The van der Waals surface area contributed by atoms with Gasteiger partial charge in [-0.05, 0) is 56.8 Å². The molecule has 0 spiro atoms. The van der Waals surface area contributed by atoms with E-state index in [0.717, 1.165) is 0 Å². The van der Waals surface area contributed by atoms with Gasteiger partial charge in [0.1, 0.15) is 54.4 Å². The number of aromatic nitrogens is 2. The Bertz CT molecular complexity index is 2320. The molecule has 12 amide bonds. The van der Waals surface area contributed by atoms with Crippen molar-refractivity contribution in [1.82, 2.24) is 62.7 Å². The molecule has 0 saturated carbocycles. The van der Waals surface area contributed by atoms with E-state index in [1.807, 2.05) is 0 Å². The van der Waals surface area contributed by atoms with Crippen molar-refractivity contribution >= 4 is 77.0 Å². The zero-order chi connectivity index (χ0) is 58.2. The van der Waals surface area contributed by atoms with Gasteiger partial charge in [-0.25, -0.2) is 9.78 Å². The van der Waals surface area contributed by atoms with Crippen molar-refractivity contribution in [2.24, 2.45) is 39.8 Å². The molecule has 0 aromatic carbocycles. The molecule has 0 aliphatic carbocycles.